The first-order valence-electron chi connectivity index (χ1n) is 10.3. The molecule has 5 nitrogen and oxygen atoms in total. The van der Waals surface area contributed by atoms with Gasteiger partial charge in [0.25, 0.3) is 0 Å². The van der Waals surface area contributed by atoms with Gasteiger partial charge in [-0.15, -0.1) is 0 Å². The average Bonchev–Trinajstić information content (AvgIpc) is 3.31. The molecule has 3 fully saturated rings. The van der Waals surface area contributed by atoms with Crippen LogP contribution in [-0.2, 0) is 20.7 Å². The Bertz CT molecular complexity index is 696. The van der Waals surface area contributed by atoms with E-state index < -0.39 is 0 Å². The summed E-state index contributed by atoms with van der Waals surface area (Å²) in [6.45, 7) is 6.31. The van der Waals surface area contributed by atoms with E-state index in [1.807, 2.05) is 21.9 Å². The lowest BCUT2D eigenvalue weighted by Gasteiger charge is -2.36. The van der Waals surface area contributed by atoms with Gasteiger partial charge < -0.3 is 14.5 Å². The summed E-state index contributed by atoms with van der Waals surface area (Å²) in [4.78, 5) is 29.9. The number of benzene rings is 1. The predicted molar refractivity (Wildman–Crippen MR) is 103 cm³/mol. The smallest absolute Gasteiger partial charge is 0.227 e. The zero-order valence-electron chi connectivity index (χ0n) is 16.3. The van der Waals surface area contributed by atoms with E-state index in [9.17, 15) is 9.59 Å². The Hall–Kier alpha value is -1.88. The summed E-state index contributed by atoms with van der Waals surface area (Å²) in [6.07, 6.45) is 4.56. The molecule has 0 bridgehead atoms. The fraction of sp³-hybridized carbons (Fsp3) is 0.636. The Morgan fingerprint density at radius 3 is 2.56 bits per heavy atom. The summed E-state index contributed by atoms with van der Waals surface area (Å²) in [5.41, 5.74) is 2.28. The second kappa shape index (κ2) is 7.63. The topological polar surface area (TPSA) is 49.9 Å². The molecule has 3 aliphatic rings. The lowest BCUT2D eigenvalue weighted by Crippen LogP contribution is -2.47. The second-order valence-electron chi connectivity index (χ2n) is 8.47. The largest absolute Gasteiger partial charge is 0.378 e. The number of amides is 2. The minimum atomic E-state index is -0.00166. The zero-order chi connectivity index (χ0) is 18.9. The summed E-state index contributed by atoms with van der Waals surface area (Å²) in [5, 5.41) is 0. The number of rotatable bonds is 3. The lowest BCUT2D eigenvalue weighted by atomic mass is 9.76. The van der Waals surface area contributed by atoms with Gasteiger partial charge in [0.15, 0.2) is 0 Å². The maximum absolute atomic E-state index is 13.1. The van der Waals surface area contributed by atoms with Gasteiger partial charge in [-0.3, -0.25) is 9.59 Å². The van der Waals surface area contributed by atoms with Gasteiger partial charge in [0.1, 0.15) is 0 Å². The summed E-state index contributed by atoms with van der Waals surface area (Å²) in [5.74, 6) is 0.566. The lowest BCUT2D eigenvalue weighted by molar-refractivity contribution is -0.143. The molecule has 2 heterocycles. The summed E-state index contributed by atoms with van der Waals surface area (Å²) in [6, 6.07) is 8.20. The Kier molecular flexibility index (Phi) is 5.22. The van der Waals surface area contributed by atoms with E-state index >= 15 is 0 Å². The van der Waals surface area contributed by atoms with E-state index in [0.717, 1.165) is 44.3 Å². The monoisotopic (exact) mass is 370 g/mol. The highest BCUT2D eigenvalue weighted by Gasteiger charge is 2.52. The van der Waals surface area contributed by atoms with Crippen molar-refractivity contribution in [3.8, 4) is 0 Å². The number of ether oxygens (including phenoxy) is 1. The normalized spacial score (nSPS) is 28.1. The van der Waals surface area contributed by atoms with Gasteiger partial charge in [-0.1, -0.05) is 36.2 Å². The Morgan fingerprint density at radius 2 is 1.81 bits per heavy atom. The molecule has 0 N–H and O–H groups in total. The van der Waals surface area contributed by atoms with E-state index in [1.54, 1.807) is 0 Å². The van der Waals surface area contributed by atoms with Gasteiger partial charge in [-0.05, 0) is 31.7 Å². The fourth-order valence-corrected chi connectivity index (χ4v) is 5.12. The van der Waals surface area contributed by atoms with Crippen molar-refractivity contribution in [3.63, 3.8) is 0 Å². The van der Waals surface area contributed by atoms with Crippen molar-refractivity contribution in [2.75, 3.05) is 39.4 Å². The maximum atomic E-state index is 13.1. The van der Waals surface area contributed by atoms with E-state index in [1.165, 1.54) is 5.56 Å². The number of carbonyl (C=O) groups excluding carboxylic acids is 2. The minimum Gasteiger partial charge on any atom is -0.378 e. The molecule has 1 aromatic carbocycles. The number of likely N-dealkylation sites (tertiary alicyclic amines) is 1. The Labute approximate surface area is 161 Å². The molecule has 146 valence electrons. The molecule has 1 saturated carbocycles. The molecule has 27 heavy (non-hydrogen) atoms. The molecule has 1 aromatic rings. The van der Waals surface area contributed by atoms with Crippen molar-refractivity contribution in [2.45, 2.75) is 39.0 Å². The van der Waals surface area contributed by atoms with Crippen LogP contribution in [0.2, 0.25) is 0 Å². The van der Waals surface area contributed by atoms with E-state index in [-0.39, 0.29) is 17.2 Å². The number of aryl methyl sites for hydroxylation is 1. The van der Waals surface area contributed by atoms with Gasteiger partial charge >= 0.3 is 0 Å². The second-order valence-corrected chi connectivity index (χ2v) is 8.47. The minimum absolute atomic E-state index is 0.00166. The number of carbonyl (C=O) groups is 2. The molecule has 0 aromatic heterocycles. The highest BCUT2D eigenvalue weighted by Crippen LogP contribution is 2.50. The van der Waals surface area contributed by atoms with Crippen molar-refractivity contribution < 1.29 is 14.3 Å². The van der Waals surface area contributed by atoms with Crippen LogP contribution in [0.5, 0.6) is 0 Å². The number of morpholine rings is 1. The first kappa shape index (κ1) is 18.5. The van der Waals surface area contributed by atoms with Crippen molar-refractivity contribution in [2.24, 2.45) is 11.3 Å². The first-order chi connectivity index (χ1) is 13.1. The van der Waals surface area contributed by atoms with Crippen molar-refractivity contribution in [3.05, 3.63) is 35.4 Å². The number of hydrogen-bond acceptors (Lipinski definition) is 3. The summed E-state index contributed by atoms with van der Waals surface area (Å²) in [7, 11) is 0. The Balaban J connectivity index is 1.41. The van der Waals surface area contributed by atoms with Gasteiger partial charge in [-0.25, -0.2) is 0 Å². The van der Waals surface area contributed by atoms with E-state index in [2.05, 4.69) is 19.1 Å². The van der Waals surface area contributed by atoms with Crippen LogP contribution in [0, 0.1) is 18.3 Å². The molecular weight excluding hydrogens is 340 g/mol. The van der Waals surface area contributed by atoms with Crippen LogP contribution in [0.15, 0.2) is 24.3 Å². The molecule has 1 spiro atoms. The average molecular weight is 370 g/mol. The van der Waals surface area contributed by atoms with Crippen molar-refractivity contribution in [1.29, 1.82) is 0 Å². The van der Waals surface area contributed by atoms with Gasteiger partial charge in [-0.2, -0.15) is 0 Å². The quantitative estimate of drug-likeness (QED) is 0.821. The van der Waals surface area contributed by atoms with E-state index in [4.69, 9.17) is 4.74 Å². The SMILES string of the molecule is Cc1ccc(CC(=O)N2CC[C@@]3(CCC[C@@H]3C(=O)N3CCOCC3)C2)cc1. The van der Waals surface area contributed by atoms with Gasteiger partial charge in [0, 0.05) is 37.5 Å². The molecule has 2 amide bonds. The molecule has 4 rings (SSSR count). The molecule has 0 radical (unpaired) electrons. The summed E-state index contributed by atoms with van der Waals surface area (Å²) >= 11 is 0. The van der Waals surface area contributed by atoms with Crippen LogP contribution >= 0.6 is 0 Å². The van der Waals surface area contributed by atoms with Crippen LogP contribution in [0.4, 0.5) is 0 Å². The van der Waals surface area contributed by atoms with Gasteiger partial charge in [0.2, 0.25) is 11.8 Å². The molecule has 5 heteroatoms. The number of nitrogens with zero attached hydrogens (tertiary/aromatic N) is 2. The van der Waals surface area contributed by atoms with Crippen LogP contribution in [0.1, 0.15) is 36.8 Å². The van der Waals surface area contributed by atoms with Crippen LogP contribution in [0.25, 0.3) is 0 Å². The summed E-state index contributed by atoms with van der Waals surface area (Å²) < 4.78 is 5.40. The third-order valence-corrected chi connectivity index (χ3v) is 6.74. The molecule has 0 unspecified atom stereocenters. The van der Waals surface area contributed by atoms with Crippen molar-refractivity contribution in [1.82, 2.24) is 9.80 Å². The standard InChI is InChI=1S/C22H30N2O3/c1-17-4-6-18(7-5-17)15-20(25)24-10-9-22(16-24)8-2-3-19(22)21(26)23-11-13-27-14-12-23/h4-7,19H,2-3,8-16H2,1H3/t19-,22+/m1/s1. The maximum Gasteiger partial charge on any atom is 0.227 e. The molecule has 2 atom stereocenters. The molecule has 2 aliphatic heterocycles. The van der Waals surface area contributed by atoms with Crippen molar-refractivity contribution >= 4 is 11.8 Å². The molecular formula is C22H30N2O3. The van der Waals surface area contributed by atoms with E-state index in [0.29, 0.717) is 38.6 Å². The predicted octanol–water partition coefficient (Wildman–Crippen LogP) is 2.42. The van der Waals surface area contributed by atoms with Gasteiger partial charge in [0.05, 0.1) is 19.6 Å². The van der Waals surface area contributed by atoms with Crippen LogP contribution < -0.4 is 0 Å². The third-order valence-electron chi connectivity index (χ3n) is 6.74. The van der Waals surface area contributed by atoms with Crippen LogP contribution in [-0.4, -0.2) is 61.0 Å². The third kappa shape index (κ3) is 3.75. The Morgan fingerprint density at radius 1 is 1.07 bits per heavy atom. The highest BCUT2D eigenvalue weighted by atomic mass is 16.5. The fourth-order valence-electron chi connectivity index (χ4n) is 5.12. The zero-order valence-corrected chi connectivity index (χ0v) is 16.3. The first-order valence-corrected chi connectivity index (χ1v) is 10.3. The molecule has 1 aliphatic carbocycles. The molecule has 2 saturated heterocycles. The van der Waals surface area contributed by atoms with Crippen LogP contribution in [0.3, 0.4) is 0 Å². The highest BCUT2D eigenvalue weighted by molar-refractivity contribution is 5.82. The number of hydrogen-bond donors (Lipinski definition) is 0.